The minimum Gasteiger partial charge on any atom is -0.495 e. The molecule has 1 saturated carbocycles. The first-order chi connectivity index (χ1) is 15.9. The van der Waals surface area contributed by atoms with Gasteiger partial charge in [-0.05, 0) is 23.3 Å². The second-order valence-corrected chi connectivity index (χ2v) is 8.46. The number of aliphatic hydroxyl groups is 1. The molecule has 2 aromatic carbocycles. The Morgan fingerprint density at radius 1 is 1.09 bits per heavy atom. The van der Waals surface area contributed by atoms with Crippen LogP contribution in [0.4, 0.5) is 0 Å². The van der Waals surface area contributed by atoms with E-state index < -0.39 is 34.8 Å². The van der Waals surface area contributed by atoms with Crippen molar-refractivity contribution in [3.63, 3.8) is 0 Å². The maximum Gasteiger partial charge on any atom is 0.317 e. The zero-order valence-electron chi connectivity index (χ0n) is 17.8. The van der Waals surface area contributed by atoms with Gasteiger partial charge in [-0.15, -0.1) is 0 Å². The molecule has 1 aliphatic carbocycles. The van der Waals surface area contributed by atoms with Crippen LogP contribution >= 0.6 is 11.6 Å². The van der Waals surface area contributed by atoms with E-state index in [4.69, 9.17) is 25.8 Å². The number of aromatic nitrogens is 1. The molecule has 0 radical (unpaired) electrons. The molecule has 0 spiro atoms. The van der Waals surface area contributed by atoms with E-state index >= 15 is 0 Å². The van der Waals surface area contributed by atoms with Crippen molar-refractivity contribution >= 4 is 23.4 Å². The van der Waals surface area contributed by atoms with E-state index in [-0.39, 0.29) is 17.1 Å². The predicted molar refractivity (Wildman–Crippen MR) is 118 cm³/mol. The second kappa shape index (κ2) is 7.57. The number of methoxy groups -OCH3 is 2. The molecule has 1 N–H and O–H groups in total. The van der Waals surface area contributed by atoms with E-state index in [9.17, 15) is 14.7 Å². The van der Waals surface area contributed by atoms with Crippen molar-refractivity contribution in [3.8, 4) is 11.5 Å². The molecule has 1 fully saturated rings. The number of hydrogen-bond acceptors (Lipinski definition) is 7. The molecule has 5 rings (SSSR count). The van der Waals surface area contributed by atoms with Crippen molar-refractivity contribution in [3.05, 3.63) is 88.7 Å². The predicted octanol–water partition coefficient (Wildman–Crippen LogP) is 3.37. The number of carbonyl (C=O) groups excluding carboxylic acids is 2. The van der Waals surface area contributed by atoms with E-state index in [0.29, 0.717) is 16.1 Å². The maximum atomic E-state index is 14.0. The molecule has 33 heavy (non-hydrogen) atoms. The fraction of sp³-hybridized carbons (Fsp3) is 0.240. The summed E-state index contributed by atoms with van der Waals surface area (Å²) in [6.07, 6.45) is 2.82. The van der Waals surface area contributed by atoms with Gasteiger partial charge in [-0.3, -0.25) is 14.6 Å². The van der Waals surface area contributed by atoms with Crippen LogP contribution < -0.4 is 9.47 Å². The smallest absolute Gasteiger partial charge is 0.317 e. The van der Waals surface area contributed by atoms with E-state index in [2.05, 4.69) is 4.98 Å². The molecule has 4 atom stereocenters. The van der Waals surface area contributed by atoms with Gasteiger partial charge in [-0.2, -0.15) is 0 Å². The van der Waals surface area contributed by atoms with E-state index in [1.807, 2.05) is 6.07 Å². The number of Topliss-reactive ketones (excluding diaryl/α,β-unsaturated/α-hetero) is 1. The fourth-order valence-corrected chi connectivity index (χ4v) is 5.38. The summed E-state index contributed by atoms with van der Waals surface area (Å²) in [5.74, 6) is -3.36. The monoisotopic (exact) mass is 465 g/mol. The molecule has 0 bridgehead atoms. The highest BCUT2D eigenvalue weighted by atomic mass is 35.5. The molecule has 1 aromatic heterocycles. The summed E-state index contributed by atoms with van der Waals surface area (Å²) < 4.78 is 17.0. The number of carbonyl (C=O) groups is 2. The third kappa shape index (κ3) is 2.69. The number of nitrogens with zero attached hydrogens (tertiary/aromatic N) is 1. The van der Waals surface area contributed by atoms with Crippen molar-refractivity contribution in [2.24, 2.45) is 5.92 Å². The molecule has 2 aliphatic rings. The first-order valence-electron chi connectivity index (χ1n) is 10.3. The number of rotatable bonds is 4. The summed E-state index contributed by atoms with van der Waals surface area (Å²) in [5, 5.41) is 12.8. The highest BCUT2D eigenvalue weighted by molar-refractivity contribution is 6.30. The minimum absolute atomic E-state index is 0.132. The van der Waals surface area contributed by atoms with E-state index in [1.54, 1.807) is 48.5 Å². The zero-order chi connectivity index (χ0) is 23.4. The summed E-state index contributed by atoms with van der Waals surface area (Å²) in [5.41, 5.74) is -2.72. The lowest BCUT2D eigenvalue weighted by Gasteiger charge is -2.39. The largest absolute Gasteiger partial charge is 0.495 e. The van der Waals surface area contributed by atoms with Gasteiger partial charge in [-0.25, -0.2) is 0 Å². The van der Waals surface area contributed by atoms with Gasteiger partial charge in [0, 0.05) is 5.02 Å². The van der Waals surface area contributed by atoms with Crippen molar-refractivity contribution in [2.45, 2.75) is 17.1 Å². The molecular formula is C25H20ClNO6. The summed E-state index contributed by atoms with van der Waals surface area (Å²) in [7, 11) is 2.62. The summed E-state index contributed by atoms with van der Waals surface area (Å²) in [4.78, 5) is 31.2. The Hall–Kier alpha value is -3.42. The first-order valence-corrected chi connectivity index (χ1v) is 10.6. The first kappa shape index (κ1) is 21.4. The van der Waals surface area contributed by atoms with Crippen LogP contribution in [0.2, 0.25) is 5.02 Å². The Morgan fingerprint density at radius 2 is 1.79 bits per heavy atom. The number of fused-ring (bicyclic) bond motifs is 3. The van der Waals surface area contributed by atoms with Crippen molar-refractivity contribution < 1.29 is 28.9 Å². The molecule has 2 heterocycles. The standard InChI is InChI=1S/C25H20ClNO6/c1-31-17-12-27-13-18-21(17)24(30)22(28)19(23(29)32-2)20(14-6-4-3-5-7-14)25(24,33-18)15-8-10-16(26)11-9-15/h3-13,19-20,30H,1-2H3/t19-,20-,24+,25+/m1/s1. The number of ether oxygens (including phenoxy) is 3. The van der Waals surface area contributed by atoms with Crippen LogP contribution in [0.25, 0.3) is 0 Å². The number of benzene rings is 2. The molecular weight excluding hydrogens is 446 g/mol. The van der Waals surface area contributed by atoms with Gasteiger partial charge in [0.15, 0.2) is 11.4 Å². The SMILES string of the molecule is COC(=O)[C@H]1C(=O)[C@@]2(O)c3c(OC)cncc3O[C@@]2(c2ccc(Cl)cc2)[C@@H]1c1ccccc1. The molecule has 3 aromatic rings. The maximum absolute atomic E-state index is 14.0. The van der Waals surface area contributed by atoms with Gasteiger partial charge in [0.25, 0.3) is 0 Å². The topological polar surface area (TPSA) is 95.0 Å². The number of halogens is 1. The molecule has 1 aliphatic heterocycles. The molecule has 7 nitrogen and oxygen atoms in total. The van der Waals surface area contributed by atoms with Crippen molar-refractivity contribution in [1.29, 1.82) is 0 Å². The second-order valence-electron chi connectivity index (χ2n) is 8.02. The van der Waals surface area contributed by atoms with Crippen LogP contribution in [-0.2, 0) is 25.5 Å². The molecule has 8 heteroatoms. The van der Waals surface area contributed by atoms with Crippen LogP contribution in [0.1, 0.15) is 22.6 Å². The Bertz CT molecular complexity index is 1250. The van der Waals surface area contributed by atoms with E-state index in [0.717, 1.165) is 0 Å². The normalized spacial score (nSPS) is 27.5. The van der Waals surface area contributed by atoms with E-state index in [1.165, 1.54) is 26.6 Å². The fourth-order valence-electron chi connectivity index (χ4n) is 5.25. The summed E-state index contributed by atoms with van der Waals surface area (Å²) in [6, 6.07) is 15.7. The Balaban J connectivity index is 1.90. The van der Waals surface area contributed by atoms with Crippen molar-refractivity contribution in [2.75, 3.05) is 14.2 Å². The Labute approximate surface area is 194 Å². The van der Waals surface area contributed by atoms with Gasteiger partial charge in [0.2, 0.25) is 5.60 Å². The molecule has 0 amide bonds. The van der Waals surface area contributed by atoms with Crippen LogP contribution in [0, 0.1) is 5.92 Å². The number of pyridine rings is 1. The number of ketones is 1. The lowest BCUT2D eigenvalue weighted by atomic mass is 9.71. The van der Waals surface area contributed by atoms with Gasteiger partial charge in [0.1, 0.15) is 17.4 Å². The molecule has 0 unspecified atom stereocenters. The van der Waals surface area contributed by atoms with Gasteiger partial charge in [-0.1, -0.05) is 54.1 Å². The third-order valence-electron chi connectivity index (χ3n) is 6.56. The Kier molecular flexibility index (Phi) is 4.92. The third-order valence-corrected chi connectivity index (χ3v) is 6.82. The Morgan fingerprint density at radius 3 is 2.42 bits per heavy atom. The zero-order valence-corrected chi connectivity index (χ0v) is 18.6. The van der Waals surface area contributed by atoms with Crippen LogP contribution in [0.5, 0.6) is 11.5 Å². The van der Waals surface area contributed by atoms with Crippen LogP contribution in [0.3, 0.4) is 0 Å². The molecule has 0 saturated heterocycles. The lowest BCUT2D eigenvalue weighted by molar-refractivity contribution is -0.155. The van der Waals surface area contributed by atoms with Crippen LogP contribution in [0.15, 0.2) is 67.0 Å². The lowest BCUT2D eigenvalue weighted by Crippen LogP contribution is -2.50. The van der Waals surface area contributed by atoms with Gasteiger partial charge < -0.3 is 19.3 Å². The number of esters is 1. The highest BCUT2D eigenvalue weighted by Crippen LogP contribution is 2.68. The van der Waals surface area contributed by atoms with Crippen LogP contribution in [-0.4, -0.2) is 36.1 Å². The number of hydrogen-bond donors (Lipinski definition) is 1. The highest BCUT2D eigenvalue weighted by Gasteiger charge is 2.78. The van der Waals surface area contributed by atoms with Gasteiger partial charge in [0.05, 0.1) is 38.1 Å². The summed E-state index contributed by atoms with van der Waals surface area (Å²) >= 11 is 6.14. The van der Waals surface area contributed by atoms with Crippen molar-refractivity contribution in [1.82, 2.24) is 4.98 Å². The minimum atomic E-state index is -2.26. The average Bonchev–Trinajstić information content (AvgIpc) is 3.22. The summed E-state index contributed by atoms with van der Waals surface area (Å²) in [6.45, 7) is 0. The molecule has 168 valence electrons. The van der Waals surface area contributed by atoms with Gasteiger partial charge >= 0.3 is 5.97 Å². The average molecular weight is 466 g/mol. The quantitative estimate of drug-likeness (QED) is 0.466.